The maximum Gasteiger partial charge on any atom is 0.216 e. The number of ether oxygens (including phenoxy) is 2. The Morgan fingerprint density at radius 1 is 1.56 bits per heavy atom. The van der Waals surface area contributed by atoms with Gasteiger partial charge in [0.15, 0.2) is 0 Å². The molecular formula is C14H19NO3. The van der Waals surface area contributed by atoms with Gasteiger partial charge < -0.3 is 14.8 Å². The molecule has 1 N–H and O–H groups in total. The summed E-state index contributed by atoms with van der Waals surface area (Å²) in [7, 11) is 1.67. The summed E-state index contributed by atoms with van der Waals surface area (Å²) in [6, 6.07) is 5.90. The topological polar surface area (TPSA) is 47.6 Å². The van der Waals surface area contributed by atoms with Crippen molar-refractivity contribution in [2.45, 2.75) is 19.8 Å². The van der Waals surface area contributed by atoms with Crippen molar-refractivity contribution in [1.29, 1.82) is 0 Å². The van der Waals surface area contributed by atoms with E-state index in [0.717, 1.165) is 30.9 Å². The van der Waals surface area contributed by atoms with Crippen molar-refractivity contribution in [1.82, 2.24) is 5.32 Å². The summed E-state index contributed by atoms with van der Waals surface area (Å²) < 4.78 is 10.9. The highest BCUT2D eigenvalue weighted by molar-refractivity contribution is 5.72. The lowest BCUT2D eigenvalue weighted by molar-refractivity contribution is -0.119. The monoisotopic (exact) mass is 249 g/mol. The SMILES string of the molecule is COc1ccc2c(c1)CC(CCNC(C)=O)CO2. The average Bonchev–Trinajstić information content (AvgIpc) is 2.37. The van der Waals surface area contributed by atoms with E-state index in [-0.39, 0.29) is 5.91 Å². The molecule has 4 heteroatoms. The minimum atomic E-state index is 0.0220. The van der Waals surface area contributed by atoms with Gasteiger partial charge in [0.2, 0.25) is 5.91 Å². The predicted molar refractivity (Wildman–Crippen MR) is 69.0 cm³/mol. The van der Waals surface area contributed by atoms with Crippen molar-refractivity contribution >= 4 is 5.91 Å². The zero-order chi connectivity index (χ0) is 13.0. The van der Waals surface area contributed by atoms with Crippen molar-refractivity contribution in [2.75, 3.05) is 20.3 Å². The van der Waals surface area contributed by atoms with Crippen LogP contribution in [0.25, 0.3) is 0 Å². The normalized spacial score (nSPS) is 17.6. The van der Waals surface area contributed by atoms with Gasteiger partial charge in [-0.25, -0.2) is 0 Å². The largest absolute Gasteiger partial charge is 0.497 e. The minimum absolute atomic E-state index is 0.0220. The Labute approximate surface area is 107 Å². The van der Waals surface area contributed by atoms with E-state index in [9.17, 15) is 4.79 Å². The number of carbonyl (C=O) groups excluding carboxylic acids is 1. The van der Waals surface area contributed by atoms with E-state index in [4.69, 9.17) is 9.47 Å². The Morgan fingerprint density at radius 2 is 2.39 bits per heavy atom. The van der Waals surface area contributed by atoms with Crippen LogP contribution in [0.15, 0.2) is 18.2 Å². The fourth-order valence-electron chi connectivity index (χ4n) is 2.20. The van der Waals surface area contributed by atoms with Crippen LogP contribution in [0.2, 0.25) is 0 Å². The second kappa shape index (κ2) is 5.76. The molecule has 4 nitrogen and oxygen atoms in total. The van der Waals surface area contributed by atoms with Gasteiger partial charge >= 0.3 is 0 Å². The van der Waals surface area contributed by atoms with Gasteiger partial charge in [0.25, 0.3) is 0 Å². The lowest BCUT2D eigenvalue weighted by atomic mass is 9.94. The third-order valence-corrected chi connectivity index (χ3v) is 3.18. The van der Waals surface area contributed by atoms with Crippen molar-refractivity contribution in [3.8, 4) is 11.5 Å². The summed E-state index contributed by atoms with van der Waals surface area (Å²) in [5.74, 6) is 2.29. The molecule has 0 aliphatic carbocycles. The number of carbonyl (C=O) groups is 1. The van der Waals surface area contributed by atoms with Gasteiger partial charge in [-0.1, -0.05) is 0 Å². The Hall–Kier alpha value is -1.71. The highest BCUT2D eigenvalue weighted by atomic mass is 16.5. The number of fused-ring (bicyclic) bond motifs is 1. The van der Waals surface area contributed by atoms with E-state index in [1.54, 1.807) is 7.11 Å². The molecule has 1 aliphatic rings. The van der Waals surface area contributed by atoms with E-state index >= 15 is 0 Å². The Balaban J connectivity index is 1.93. The first kappa shape index (κ1) is 12.7. The Bertz CT molecular complexity index is 431. The van der Waals surface area contributed by atoms with Crippen LogP contribution in [-0.4, -0.2) is 26.2 Å². The Morgan fingerprint density at radius 3 is 3.11 bits per heavy atom. The number of hydrogen-bond donors (Lipinski definition) is 1. The van der Waals surface area contributed by atoms with Gasteiger partial charge in [-0.05, 0) is 42.5 Å². The highest BCUT2D eigenvalue weighted by Crippen LogP contribution is 2.31. The molecule has 1 atom stereocenters. The summed E-state index contributed by atoms with van der Waals surface area (Å²) in [4.78, 5) is 10.8. The van der Waals surface area contributed by atoms with E-state index < -0.39 is 0 Å². The molecule has 0 spiro atoms. The number of nitrogens with one attached hydrogen (secondary N) is 1. The van der Waals surface area contributed by atoms with Gasteiger partial charge in [-0.15, -0.1) is 0 Å². The summed E-state index contributed by atoms with van der Waals surface area (Å²) in [6.07, 6.45) is 1.92. The van der Waals surface area contributed by atoms with Gasteiger partial charge in [0, 0.05) is 13.5 Å². The second-order valence-electron chi connectivity index (χ2n) is 4.63. The lowest BCUT2D eigenvalue weighted by Crippen LogP contribution is -2.27. The van der Waals surface area contributed by atoms with Gasteiger partial charge in [-0.2, -0.15) is 0 Å². The van der Waals surface area contributed by atoms with Gasteiger partial charge in [-0.3, -0.25) is 4.79 Å². The molecule has 1 heterocycles. The van der Waals surface area contributed by atoms with Crippen molar-refractivity contribution < 1.29 is 14.3 Å². The van der Waals surface area contributed by atoms with Gasteiger partial charge in [0.1, 0.15) is 11.5 Å². The van der Waals surface area contributed by atoms with Crippen molar-refractivity contribution in [3.05, 3.63) is 23.8 Å². The molecule has 1 amide bonds. The van der Waals surface area contributed by atoms with E-state index in [1.165, 1.54) is 12.5 Å². The fourth-order valence-corrected chi connectivity index (χ4v) is 2.20. The number of amides is 1. The highest BCUT2D eigenvalue weighted by Gasteiger charge is 2.20. The fraction of sp³-hybridized carbons (Fsp3) is 0.500. The molecule has 98 valence electrons. The van der Waals surface area contributed by atoms with E-state index in [1.807, 2.05) is 18.2 Å². The van der Waals surface area contributed by atoms with Crippen LogP contribution in [0.5, 0.6) is 11.5 Å². The van der Waals surface area contributed by atoms with Gasteiger partial charge in [0.05, 0.1) is 13.7 Å². The first-order chi connectivity index (χ1) is 8.69. The molecule has 1 aromatic rings. The number of benzene rings is 1. The summed E-state index contributed by atoms with van der Waals surface area (Å²) in [5.41, 5.74) is 1.19. The number of rotatable bonds is 4. The van der Waals surface area contributed by atoms with Crippen LogP contribution in [0.4, 0.5) is 0 Å². The smallest absolute Gasteiger partial charge is 0.216 e. The summed E-state index contributed by atoms with van der Waals surface area (Å²) >= 11 is 0. The number of methoxy groups -OCH3 is 1. The first-order valence-electron chi connectivity index (χ1n) is 6.23. The summed E-state index contributed by atoms with van der Waals surface area (Å²) in [5, 5.41) is 2.82. The molecule has 0 fully saturated rings. The third-order valence-electron chi connectivity index (χ3n) is 3.18. The zero-order valence-electron chi connectivity index (χ0n) is 10.9. The Kier molecular flexibility index (Phi) is 4.07. The molecule has 1 aromatic carbocycles. The number of hydrogen-bond acceptors (Lipinski definition) is 3. The zero-order valence-corrected chi connectivity index (χ0v) is 10.9. The molecule has 1 unspecified atom stereocenters. The van der Waals surface area contributed by atoms with Crippen LogP contribution in [0.1, 0.15) is 18.9 Å². The first-order valence-corrected chi connectivity index (χ1v) is 6.23. The molecule has 0 aromatic heterocycles. The molecular weight excluding hydrogens is 230 g/mol. The van der Waals surface area contributed by atoms with Crippen LogP contribution < -0.4 is 14.8 Å². The van der Waals surface area contributed by atoms with Crippen LogP contribution in [-0.2, 0) is 11.2 Å². The standard InChI is InChI=1S/C14H19NO3/c1-10(16)15-6-5-11-7-12-8-13(17-2)3-4-14(12)18-9-11/h3-4,8,11H,5-7,9H2,1-2H3,(H,15,16). The maximum atomic E-state index is 10.8. The lowest BCUT2D eigenvalue weighted by Gasteiger charge is -2.25. The maximum absolute atomic E-state index is 10.8. The minimum Gasteiger partial charge on any atom is -0.497 e. The molecule has 2 rings (SSSR count). The molecule has 1 aliphatic heterocycles. The van der Waals surface area contributed by atoms with E-state index in [2.05, 4.69) is 5.32 Å². The quantitative estimate of drug-likeness (QED) is 0.884. The third kappa shape index (κ3) is 3.15. The second-order valence-corrected chi connectivity index (χ2v) is 4.63. The van der Waals surface area contributed by atoms with Crippen LogP contribution in [0, 0.1) is 5.92 Å². The summed E-state index contributed by atoms with van der Waals surface area (Å²) in [6.45, 7) is 2.97. The predicted octanol–water partition coefficient (Wildman–Crippen LogP) is 1.77. The van der Waals surface area contributed by atoms with Crippen LogP contribution in [0.3, 0.4) is 0 Å². The average molecular weight is 249 g/mol. The molecule has 0 saturated heterocycles. The van der Waals surface area contributed by atoms with Crippen molar-refractivity contribution in [2.24, 2.45) is 5.92 Å². The van der Waals surface area contributed by atoms with Crippen LogP contribution >= 0.6 is 0 Å². The van der Waals surface area contributed by atoms with Crippen molar-refractivity contribution in [3.63, 3.8) is 0 Å². The molecule has 0 bridgehead atoms. The van der Waals surface area contributed by atoms with E-state index in [0.29, 0.717) is 12.5 Å². The molecule has 18 heavy (non-hydrogen) atoms. The molecule has 0 radical (unpaired) electrons. The molecule has 0 saturated carbocycles.